The smallest absolute Gasteiger partial charge is 0.329 e. The van der Waals surface area contributed by atoms with E-state index in [4.69, 9.17) is 16.3 Å². The molecule has 2 aromatic rings. The molecule has 0 bridgehead atoms. The topological polar surface area (TPSA) is 109 Å². The number of nitrogens with one attached hydrogen (secondary N) is 3. The monoisotopic (exact) mass is 430 g/mol. The van der Waals surface area contributed by atoms with Crippen molar-refractivity contribution in [3.05, 3.63) is 59.1 Å². The molecule has 0 saturated carbocycles. The molecule has 0 unspecified atom stereocenters. The first-order valence-corrected chi connectivity index (χ1v) is 9.68. The van der Waals surface area contributed by atoms with Crippen LogP contribution in [0.15, 0.2) is 53.6 Å². The number of nitrogens with zero attached hydrogens (tertiary/aromatic N) is 1. The average molecular weight is 431 g/mol. The second kappa shape index (κ2) is 11.6. The summed E-state index contributed by atoms with van der Waals surface area (Å²) >= 11 is 6.00. The third-order valence-corrected chi connectivity index (χ3v) is 4.28. The first kappa shape index (κ1) is 22.9. The first-order chi connectivity index (χ1) is 14.4. The van der Waals surface area contributed by atoms with Gasteiger partial charge in [0, 0.05) is 6.04 Å². The second-order valence-corrected chi connectivity index (χ2v) is 6.78. The number of halogens is 1. The van der Waals surface area contributed by atoms with E-state index in [1.54, 1.807) is 55.5 Å². The van der Waals surface area contributed by atoms with Gasteiger partial charge in [0.2, 0.25) is 0 Å². The van der Waals surface area contributed by atoms with E-state index in [1.807, 2.05) is 6.92 Å². The van der Waals surface area contributed by atoms with Crippen LogP contribution in [0.3, 0.4) is 0 Å². The third kappa shape index (κ3) is 7.56. The number of carbonyl (C=O) groups excluding carboxylic acids is 3. The molecule has 30 heavy (non-hydrogen) atoms. The Hall–Kier alpha value is -3.39. The molecule has 158 valence electrons. The maximum absolute atomic E-state index is 12.0. The van der Waals surface area contributed by atoms with Gasteiger partial charge < -0.3 is 15.4 Å². The predicted molar refractivity (Wildman–Crippen MR) is 116 cm³/mol. The van der Waals surface area contributed by atoms with Crippen LogP contribution in [0.5, 0.6) is 5.75 Å². The number of benzene rings is 2. The summed E-state index contributed by atoms with van der Waals surface area (Å²) in [6, 6.07) is 13.5. The minimum absolute atomic E-state index is 0.101. The van der Waals surface area contributed by atoms with Crippen LogP contribution in [0.25, 0.3) is 0 Å². The standard InChI is InChI=1S/C21H23ClN4O4/c1-3-14(2)24-20(28)21(29)26-23-12-15-7-6-8-16(11-15)30-13-19(27)25-18-10-5-4-9-17(18)22/h4-12,14H,3,13H2,1-2H3,(H,24,28)(H,25,27)(H,26,29)/b23-12-/t14-/m0/s1. The van der Waals surface area contributed by atoms with Gasteiger partial charge in [-0.3, -0.25) is 14.4 Å². The van der Waals surface area contributed by atoms with E-state index in [9.17, 15) is 14.4 Å². The zero-order chi connectivity index (χ0) is 21.9. The number of para-hydroxylation sites is 1. The van der Waals surface area contributed by atoms with Gasteiger partial charge in [-0.1, -0.05) is 42.8 Å². The number of carbonyl (C=O) groups is 3. The average Bonchev–Trinajstić information content (AvgIpc) is 2.74. The van der Waals surface area contributed by atoms with Crippen LogP contribution in [0.1, 0.15) is 25.8 Å². The highest BCUT2D eigenvalue weighted by Gasteiger charge is 2.14. The highest BCUT2D eigenvalue weighted by molar-refractivity contribution is 6.35. The van der Waals surface area contributed by atoms with E-state index >= 15 is 0 Å². The van der Waals surface area contributed by atoms with E-state index in [0.717, 1.165) is 0 Å². The lowest BCUT2D eigenvalue weighted by Gasteiger charge is -2.09. The highest BCUT2D eigenvalue weighted by atomic mass is 35.5. The van der Waals surface area contributed by atoms with Gasteiger partial charge in [0.1, 0.15) is 5.75 Å². The number of hydrogen-bond acceptors (Lipinski definition) is 5. The number of hydrogen-bond donors (Lipinski definition) is 3. The molecular formula is C21H23ClN4O4. The minimum Gasteiger partial charge on any atom is -0.484 e. The lowest BCUT2D eigenvalue weighted by atomic mass is 10.2. The fraction of sp³-hybridized carbons (Fsp3) is 0.238. The molecule has 0 spiro atoms. The third-order valence-electron chi connectivity index (χ3n) is 3.95. The molecule has 0 fully saturated rings. The Morgan fingerprint density at radius 1 is 1.13 bits per heavy atom. The summed E-state index contributed by atoms with van der Waals surface area (Å²) in [6.07, 6.45) is 2.08. The second-order valence-electron chi connectivity index (χ2n) is 6.37. The molecule has 8 nitrogen and oxygen atoms in total. The number of ether oxygens (including phenoxy) is 1. The highest BCUT2D eigenvalue weighted by Crippen LogP contribution is 2.20. The lowest BCUT2D eigenvalue weighted by molar-refractivity contribution is -0.139. The summed E-state index contributed by atoms with van der Waals surface area (Å²) in [5.74, 6) is -1.52. The first-order valence-electron chi connectivity index (χ1n) is 9.30. The molecule has 0 aliphatic heterocycles. The minimum atomic E-state index is -0.852. The summed E-state index contributed by atoms with van der Waals surface area (Å²) in [4.78, 5) is 35.4. The Morgan fingerprint density at radius 2 is 1.90 bits per heavy atom. The van der Waals surface area contributed by atoms with Crippen molar-refractivity contribution in [2.24, 2.45) is 5.10 Å². The summed E-state index contributed by atoms with van der Waals surface area (Å²) in [6.45, 7) is 3.49. The predicted octanol–water partition coefficient (Wildman–Crippen LogP) is 2.72. The van der Waals surface area contributed by atoms with Crippen molar-refractivity contribution in [2.75, 3.05) is 11.9 Å². The Bertz CT molecular complexity index is 933. The van der Waals surface area contributed by atoms with Crippen LogP contribution in [0, 0.1) is 0 Å². The van der Waals surface area contributed by atoms with Crippen molar-refractivity contribution in [1.82, 2.24) is 10.7 Å². The van der Waals surface area contributed by atoms with Crippen molar-refractivity contribution in [2.45, 2.75) is 26.3 Å². The van der Waals surface area contributed by atoms with Crippen molar-refractivity contribution in [3.8, 4) is 5.75 Å². The number of hydrazone groups is 1. The van der Waals surface area contributed by atoms with Gasteiger partial charge in [-0.2, -0.15) is 5.10 Å². The Morgan fingerprint density at radius 3 is 2.63 bits per heavy atom. The molecular weight excluding hydrogens is 408 g/mol. The fourth-order valence-corrected chi connectivity index (χ4v) is 2.37. The van der Waals surface area contributed by atoms with E-state index in [2.05, 4.69) is 21.2 Å². The Kier molecular flexibility index (Phi) is 8.83. The van der Waals surface area contributed by atoms with Crippen molar-refractivity contribution < 1.29 is 19.1 Å². The van der Waals surface area contributed by atoms with Crippen LogP contribution in [0.4, 0.5) is 5.69 Å². The van der Waals surface area contributed by atoms with Crippen LogP contribution in [-0.2, 0) is 14.4 Å². The van der Waals surface area contributed by atoms with E-state index in [0.29, 0.717) is 28.4 Å². The largest absolute Gasteiger partial charge is 0.484 e. The Labute approximate surface area is 179 Å². The summed E-state index contributed by atoms with van der Waals surface area (Å²) in [7, 11) is 0. The summed E-state index contributed by atoms with van der Waals surface area (Å²) in [5, 5.41) is 9.40. The van der Waals surface area contributed by atoms with Crippen LogP contribution in [-0.4, -0.2) is 36.6 Å². The quantitative estimate of drug-likeness (QED) is 0.340. The number of anilines is 1. The summed E-state index contributed by atoms with van der Waals surface area (Å²) < 4.78 is 5.47. The lowest BCUT2D eigenvalue weighted by Crippen LogP contribution is -2.41. The van der Waals surface area contributed by atoms with Gasteiger partial charge >= 0.3 is 11.8 Å². The van der Waals surface area contributed by atoms with E-state index < -0.39 is 11.8 Å². The molecule has 3 amide bonds. The molecule has 2 aromatic carbocycles. The molecule has 0 aromatic heterocycles. The summed E-state index contributed by atoms with van der Waals surface area (Å²) in [5.41, 5.74) is 3.28. The number of rotatable bonds is 8. The molecule has 2 rings (SSSR count). The number of amides is 3. The molecule has 0 heterocycles. The Balaban J connectivity index is 1.84. The molecule has 0 saturated heterocycles. The van der Waals surface area contributed by atoms with Gasteiger partial charge in [-0.15, -0.1) is 0 Å². The van der Waals surface area contributed by atoms with Gasteiger partial charge in [0.15, 0.2) is 6.61 Å². The molecule has 3 N–H and O–H groups in total. The zero-order valence-electron chi connectivity index (χ0n) is 16.6. The van der Waals surface area contributed by atoms with Crippen molar-refractivity contribution >= 4 is 41.2 Å². The maximum Gasteiger partial charge on any atom is 0.329 e. The van der Waals surface area contributed by atoms with Gasteiger partial charge in [-0.05, 0) is 43.2 Å². The normalized spacial score (nSPS) is 11.6. The van der Waals surface area contributed by atoms with Gasteiger partial charge in [-0.25, -0.2) is 5.43 Å². The molecule has 0 radical (unpaired) electrons. The van der Waals surface area contributed by atoms with Crippen LogP contribution >= 0.6 is 11.6 Å². The van der Waals surface area contributed by atoms with Crippen molar-refractivity contribution in [3.63, 3.8) is 0 Å². The molecule has 0 aliphatic rings. The molecule has 9 heteroatoms. The van der Waals surface area contributed by atoms with Gasteiger partial charge in [0.05, 0.1) is 16.9 Å². The van der Waals surface area contributed by atoms with Gasteiger partial charge in [0.25, 0.3) is 5.91 Å². The van der Waals surface area contributed by atoms with Crippen molar-refractivity contribution in [1.29, 1.82) is 0 Å². The maximum atomic E-state index is 12.0. The fourth-order valence-electron chi connectivity index (χ4n) is 2.19. The zero-order valence-corrected chi connectivity index (χ0v) is 17.4. The molecule has 1 atom stereocenters. The van der Waals surface area contributed by atoms with Crippen LogP contribution < -0.4 is 20.8 Å². The van der Waals surface area contributed by atoms with E-state index in [-0.39, 0.29) is 18.6 Å². The molecule has 0 aliphatic carbocycles. The SMILES string of the molecule is CC[C@H](C)NC(=O)C(=O)N/N=C\c1cccc(OCC(=O)Nc2ccccc2Cl)c1. The van der Waals surface area contributed by atoms with E-state index in [1.165, 1.54) is 6.21 Å². The van der Waals surface area contributed by atoms with Crippen LogP contribution in [0.2, 0.25) is 5.02 Å².